The summed E-state index contributed by atoms with van der Waals surface area (Å²) in [6, 6.07) is 15.1. The zero-order chi connectivity index (χ0) is 16.9. The Labute approximate surface area is 146 Å². The van der Waals surface area contributed by atoms with Crippen LogP contribution >= 0.6 is 0 Å². The van der Waals surface area contributed by atoms with Crippen LogP contribution in [0.2, 0.25) is 0 Å². The minimum Gasteiger partial charge on any atom is -0.399 e. The number of hydrogen-bond acceptors (Lipinski definition) is 2. The van der Waals surface area contributed by atoms with E-state index in [1.807, 2.05) is 12.1 Å². The van der Waals surface area contributed by atoms with Gasteiger partial charge in [-0.3, -0.25) is 0 Å². The van der Waals surface area contributed by atoms with Crippen LogP contribution in [0.1, 0.15) is 80.4 Å². The zero-order valence-corrected chi connectivity index (χ0v) is 14.8. The minimum absolute atomic E-state index is 0.289. The Bertz CT molecular complexity index is 652. The number of anilines is 2. The average Bonchev–Trinajstić information content (AvgIpc) is 2.54. The molecule has 2 aromatic carbocycles. The van der Waals surface area contributed by atoms with E-state index < -0.39 is 0 Å². The first-order valence-electron chi connectivity index (χ1n) is 9.40. The summed E-state index contributed by atoms with van der Waals surface area (Å²) in [6.07, 6.45) is 9.69. The van der Waals surface area contributed by atoms with E-state index >= 15 is 0 Å². The summed E-state index contributed by atoms with van der Waals surface area (Å²) < 4.78 is 0. The summed E-state index contributed by atoms with van der Waals surface area (Å²) in [5.74, 6) is 1.04. The second-order valence-corrected chi connectivity index (χ2v) is 7.32. The number of hydrogen-bond donors (Lipinski definition) is 2. The molecule has 1 unspecified atom stereocenters. The molecule has 0 bridgehead atoms. The molecule has 1 aliphatic carbocycles. The molecule has 0 radical (unpaired) electrons. The first-order chi connectivity index (χ1) is 11.6. The van der Waals surface area contributed by atoms with Crippen LogP contribution in [0, 0.1) is 0 Å². The Morgan fingerprint density at radius 1 is 0.833 bits per heavy atom. The van der Waals surface area contributed by atoms with Crippen molar-refractivity contribution in [2.45, 2.75) is 63.7 Å². The molecular weight excluding hydrogens is 292 g/mol. The van der Waals surface area contributed by atoms with Crippen LogP contribution in [0.15, 0.2) is 42.5 Å². The molecule has 0 saturated heterocycles. The fraction of sp³-hybridized carbons (Fsp3) is 0.455. The number of benzene rings is 2. The van der Waals surface area contributed by atoms with E-state index in [0.29, 0.717) is 0 Å². The van der Waals surface area contributed by atoms with E-state index in [-0.39, 0.29) is 5.92 Å². The van der Waals surface area contributed by atoms with Crippen molar-refractivity contribution in [1.29, 1.82) is 0 Å². The Morgan fingerprint density at radius 3 is 2.08 bits per heavy atom. The summed E-state index contributed by atoms with van der Waals surface area (Å²) in [5.41, 5.74) is 17.5. The van der Waals surface area contributed by atoms with Gasteiger partial charge in [0.1, 0.15) is 0 Å². The van der Waals surface area contributed by atoms with E-state index in [0.717, 1.165) is 22.9 Å². The predicted octanol–water partition coefficient (Wildman–Crippen LogP) is 5.83. The van der Waals surface area contributed by atoms with Gasteiger partial charge in [0, 0.05) is 17.3 Å². The van der Waals surface area contributed by atoms with Crippen LogP contribution in [-0.4, -0.2) is 0 Å². The molecular formula is C22H30N2. The quantitative estimate of drug-likeness (QED) is 0.698. The Morgan fingerprint density at radius 2 is 1.46 bits per heavy atom. The molecule has 1 fully saturated rings. The highest BCUT2D eigenvalue weighted by atomic mass is 14.6. The maximum Gasteiger partial charge on any atom is 0.0373 e. The summed E-state index contributed by atoms with van der Waals surface area (Å²) >= 11 is 0. The normalized spacial score (nSPS) is 17.9. The van der Waals surface area contributed by atoms with Crippen molar-refractivity contribution in [2.24, 2.45) is 0 Å². The van der Waals surface area contributed by atoms with E-state index in [2.05, 4.69) is 37.3 Å². The summed E-state index contributed by atoms with van der Waals surface area (Å²) in [6.45, 7) is 2.21. The van der Waals surface area contributed by atoms with Crippen LogP contribution in [0.25, 0.3) is 0 Å². The summed E-state index contributed by atoms with van der Waals surface area (Å²) in [5, 5.41) is 0. The summed E-state index contributed by atoms with van der Waals surface area (Å²) in [4.78, 5) is 0. The number of nitrogens with two attached hydrogens (primary N) is 2. The first kappa shape index (κ1) is 16.9. The molecule has 24 heavy (non-hydrogen) atoms. The largest absolute Gasteiger partial charge is 0.399 e. The van der Waals surface area contributed by atoms with Gasteiger partial charge in [-0.15, -0.1) is 0 Å². The average molecular weight is 322 g/mol. The van der Waals surface area contributed by atoms with Gasteiger partial charge in [0.2, 0.25) is 0 Å². The highest BCUT2D eigenvalue weighted by Crippen LogP contribution is 2.34. The zero-order valence-electron chi connectivity index (χ0n) is 14.8. The molecule has 2 aromatic rings. The van der Waals surface area contributed by atoms with Gasteiger partial charge in [-0.1, -0.05) is 69.4 Å². The van der Waals surface area contributed by atoms with Crippen LogP contribution < -0.4 is 11.5 Å². The van der Waals surface area contributed by atoms with Crippen molar-refractivity contribution in [3.63, 3.8) is 0 Å². The highest BCUT2D eigenvalue weighted by molar-refractivity contribution is 5.59. The topological polar surface area (TPSA) is 52.0 Å². The Hall–Kier alpha value is -1.96. The second-order valence-electron chi connectivity index (χ2n) is 7.32. The van der Waals surface area contributed by atoms with Crippen LogP contribution in [0.4, 0.5) is 11.4 Å². The molecule has 4 N–H and O–H groups in total. The summed E-state index contributed by atoms with van der Waals surface area (Å²) in [7, 11) is 0. The van der Waals surface area contributed by atoms with E-state index in [9.17, 15) is 0 Å². The van der Waals surface area contributed by atoms with Crippen LogP contribution in [0.3, 0.4) is 0 Å². The minimum atomic E-state index is 0.289. The van der Waals surface area contributed by atoms with E-state index in [1.165, 1.54) is 56.1 Å². The third-order valence-electron chi connectivity index (χ3n) is 5.59. The van der Waals surface area contributed by atoms with Crippen LogP contribution in [-0.2, 0) is 0 Å². The number of rotatable bonds is 3. The molecule has 0 aliphatic heterocycles. The molecule has 0 spiro atoms. The SMILES string of the molecule is CC(c1ccc(C2CCCCCCC2)cc1)c1ccc(N)cc1N. The van der Waals surface area contributed by atoms with Crippen molar-refractivity contribution < 1.29 is 0 Å². The number of nitrogen functional groups attached to an aromatic ring is 2. The molecule has 2 nitrogen and oxygen atoms in total. The van der Waals surface area contributed by atoms with Crippen molar-refractivity contribution in [1.82, 2.24) is 0 Å². The van der Waals surface area contributed by atoms with Gasteiger partial charge in [0.05, 0.1) is 0 Å². The van der Waals surface area contributed by atoms with Crippen molar-refractivity contribution in [3.05, 3.63) is 59.2 Å². The fourth-order valence-electron chi connectivity index (χ4n) is 4.01. The lowest BCUT2D eigenvalue weighted by Gasteiger charge is -2.21. The van der Waals surface area contributed by atoms with Gasteiger partial charge in [0.25, 0.3) is 0 Å². The molecule has 1 saturated carbocycles. The molecule has 2 heteroatoms. The highest BCUT2D eigenvalue weighted by Gasteiger charge is 2.15. The maximum absolute atomic E-state index is 6.16. The molecule has 128 valence electrons. The molecule has 0 aromatic heterocycles. The Kier molecular flexibility index (Phi) is 5.44. The monoisotopic (exact) mass is 322 g/mol. The predicted molar refractivity (Wildman–Crippen MR) is 104 cm³/mol. The first-order valence-corrected chi connectivity index (χ1v) is 9.40. The van der Waals surface area contributed by atoms with E-state index in [1.54, 1.807) is 0 Å². The molecule has 1 aliphatic rings. The van der Waals surface area contributed by atoms with Crippen molar-refractivity contribution in [2.75, 3.05) is 11.5 Å². The lowest BCUT2D eigenvalue weighted by atomic mass is 9.84. The smallest absolute Gasteiger partial charge is 0.0373 e. The van der Waals surface area contributed by atoms with Gasteiger partial charge in [0.15, 0.2) is 0 Å². The fourth-order valence-corrected chi connectivity index (χ4v) is 4.01. The molecule has 1 atom stereocenters. The second kappa shape index (κ2) is 7.74. The third kappa shape index (κ3) is 3.92. The molecule has 0 heterocycles. The maximum atomic E-state index is 6.16. The van der Waals surface area contributed by atoms with Gasteiger partial charge in [-0.25, -0.2) is 0 Å². The van der Waals surface area contributed by atoms with Gasteiger partial charge in [-0.2, -0.15) is 0 Å². The van der Waals surface area contributed by atoms with Crippen molar-refractivity contribution >= 4 is 11.4 Å². The lowest BCUT2D eigenvalue weighted by molar-refractivity contribution is 0.455. The van der Waals surface area contributed by atoms with Crippen LogP contribution in [0.5, 0.6) is 0 Å². The van der Waals surface area contributed by atoms with Gasteiger partial charge >= 0.3 is 0 Å². The lowest BCUT2D eigenvalue weighted by Crippen LogP contribution is -2.04. The van der Waals surface area contributed by atoms with Crippen molar-refractivity contribution in [3.8, 4) is 0 Å². The van der Waals surface area contributed by atoms with E-state index in [4.69, 9.17) is 11.5 Å². The van der Waals surface area contributed by atoms with Gasteiger partial charge in [-0.05, 0) is 47.6 Å². The standard InChI is InChI=1S/C22H30N2/c1-16(21-14-13-20(23)15-22(21)24)17-9-11-19(12-10-17)18-7-5-3-2-4-6-8-18/h9-16,18H,2-8,23-24H2,1H3. The molecule has 0 amide bonds. The molecule has 3 rings (SSSR count). The Balaban J connectivity index is 1.75. The third-order valence-corrected chi connectivity index (χ3v) is 5.59. The van der Waals surface area contributed by atoms with Gasteiger partial charge < -0.3 is 11.5 Å².